The number of hydrogen-bond acceptors (Lipinski definition) is 4. The molecule has 0 aliphatic carbocycles. The number of pyridine rings is 1. The van der Waals surface area contributed by atoms with Crippen LogP contribution in [0.4, 0.5) is 0 Å². The highest BCUT2D eigenvalue weighted by atomic mass is 35.5. The number of amides is 1. The quantitative estimate of drug-likeness (QED) is 0.803. The minimum Gasteiger partial charge on any atom is -0.336 e. The molecule has 6 heteroatoms. The molecule has 0 aliphatic heterocycles. The van der Waals surface area contributed by atoms with Gasteiger partial charge in [-0.1, -0.05) is 11.6 Å². The Labute approximate surface area is 108 Å². The lowest BCUT2D eigenvalue weighted by molar-refractivity contribution is 0.0783. The van der Waals surface area contributed by atoms with Crippen LogP contribution in [0.1, 0.15) is 16.1 Å². The number of hydrogen-bond donors (Lipinski definition) is 0. The number of rotatable bonds is 3. The summed E-state index contributed by atoms with van der Waals surface area (Å²) >= 11 is 7.38. The van der Waals surface area contributed by atoms with E-state index in [4.69, 9.17) is 11.6 Å². The Balaban J connectivity index is 2.13. The van der Waals surface area contributed by atoms with Gasteiger partial charge in [0.25, 0.3) is 5.91 Å². The van der Waals surface area contributed by atoms with Crippen LogP contribution in [0, 0.1) is 0 Å². The monoisotopic (exact) mass is 267 g/mol. The molecule has 0 aromatic carbocycles. The van der Waals surface area contributed by atoms with E-state index in [2.05, 4.69) is 9.97 Å². The molecule has 0 aliphatic rings. The average molecular weight is 268 g/mol. The first-order chi connectivity index (χ1) is 8.18. The first-order valence-corrected chi connectivity index (χ1v) is 6.23. The van der Waals surface area contributed by atoms with Crippen molar-refractivity contribution in [2.24, 2.45) is 0 Å². The van der Waals surface area contributed by atoms with E-state index in [1.54, 1.807) is 35.8 Å². The van der Waals surface area contributed by atoms with Gasteiger partial charge in [-0.3, -0.25) is 4.79 Å². The van der Waals surface area contributed by atoms with Crippen molar-refractivity contribution in [3.63, 3.8) is 0 Å². The maximum absolute atomic E-state index is 12.1. The van der Waals surface area contributed by atoms with Crippen molar-refractivity contribution in [3.8, 4) is 0 Å². The summed E-state index contributed by atoms with van der Waals surface area (Å²) in [5, 5.41) is 2.14. The third-order valence-corrected chi connectivity index (χ3v) is 3.16. The fourth-order valence-corrected chi connectivity index (χ4v) is 2.13. The van der Waals surface area contributed by atoms with E-state index in [0.717, 1.165) is 5.69 Å². The van der Waals surface area contributed by atoms with Gasteiger partial charge in [0.1, 0.15) is 5.15 Å². The van der Waals surface area contributed by atoms with Gasteiger partial charge in [0.2, 0.25) is 0 Å². The summed E-state index contributed by atoms with van der Waals surface area (Å²) in [6, 6.07) is 3.35. The summed E-state index contributed by atoms with van der Waals surface area (Å²) in [5.74, 6) is -0.156. The highest BCUT2D eigenvalue weighted by Gasteiger charge is 2.16. The number of halogens is 1. The molecule has 0 saturated carbocycles. The second kappa shape index (κ2) is 5.25. The highest BCUT2D eigenvalue weighted by molar-refractivity contribution is 7.07. The number of thiazole rings is 1. The van der Waals surface area contributed by atoms with Crippen molar-refractivity contribution in [2.75, 3.05) is 7.05 Å². The zero-order valence-electron chi connectivity index (χ0n) is 9.13. The SMILES string of the molecule is CN(Cc1cscn1)C(=O)c1cccnc1Cl. The molecule has 0 atom stereocenters. The Morgan fingerprint density at radius 2 is 2.35 bits per heavy atom. The molecule has 0 unspecified atom stereocenters. The van der Waals surface area contributed by atoms with Gasteiger partial charge >= 0.3 is 0 Å². The number of carbonyl (C=O) groups excluding carboxylic acids is 1. The molecule has 2 aromatic rings. The second-order valence-electron chi connectivity index (χ2n) is 3.48. The molecule has 0 saturated heterocycles. The van der Waals surface area contributed by atoms with Gasteiger partial charge in [0, 0.05) is 18.6 Å². The van der Waals surface area contributed by atoms with E-state index in [1.165, 1.54) is 11.3 Å². The van der Waals surface area contributed by atoms with Crippen LogP contribution in [0.15, 0.2) is 29.2 Å². The van der Waals surface area contributed by atoms with Crippen LogP contribution >= 0.6 is 22.9 Å². The van der Waals surface area contributed by atoms with Gasteiger partial charge in [0.15, 0.2) is 0 Å². The molecule has 0 spiro atoms. The van der Waals surface area contributed by atoms with E-state index >= 15 is 0 Å². The lowest BCUT2D eigenvalue weighted by Gasteiger charge is -2.16. The maximum Gasteiger partial charge on any atom is 0.257 e. The molecule has 0 fully saturated rings. The van der Waals surface area contributed by atoms with E-state index < -0.39 is 0 Å². The number of carbonyl (C=O) groups is 1. The molecular weight excluding hydrogens is 258 g/mol. The normalized spacial score (nSPS) is 10.2. The third kappa shape index (κ3) is 2.81. The molecule has 2 heterocycles. The van der Waals surface area contributed by atoms with Gasteiger partial charge in [-0.25, -0.2) is 9.97 Å². The van der Waals surface area contributed by atoms with Gasteiger partial charge in [-0.05, 0) is 12.1 Å². The largest absolute Gasteiger partial charge is 0.336 e. The maximum atomic E-state index is 12.1. The topological polar surface area (TPSA) is 46.1 Å². The highest BCUT2D eigenvalue weighted by Crippen LogP contribution is 2.15. The van der Waals surface area contributed by atoms with Crippen molar-refractivity contribution in [3.05, 3.63) is 45.6 Å². The van der Waals surface area contributed by atoms with Crippen molar-refractivity contribution >= 4 is 28.8 Å². The first-order valence-electron chi connectivity index (χ1n) is 4.91. The van der Waals surface area contributed by atoms with E-state index in [-0.39, 0.29) is 11.1 Å². The summed E-state index contributed by atoms with van der Waals surface area (Å²) in [6.07, 6.45) is 1.56. The van der Waals surface area contributed by atoms with Crippen molar-refractivity contribution in [1.82, 2.24) is 14.9 Å². The molecule has 4 nitrogen and oxygen atoms in total. The summed E-state index contributed by atoms with van der Waals surface area (Å²) in [7, 11) is 1.71. The van der Waals surface area contributed by atoms with Crippen molar-refractivity contribution < 1.29 is 4.79 Å². The Kier molecular flexibility index (Phi) is 3.71. The van der Waals surface area contributed by atoms with Crippen LogP contribution in [-0.2, 0) is 6.54 Å². The van der Waals surface area contributed by atoms with E-state index in [1.807, 2.05) is 5.38 Å². The lowest BCUT2D eigenvalue weighted by Crippen LogP contribution is -2.26. The fourth-order valence-electron chi connectivity index (χ4n) is 1.38. The molecule has 88 valence electrons. The Morgan fingerprint density at radius 3 is 3.00 bits per heavy atom. The zero-order valence-corrected chi connectivity index (χ0v) is 10.7. The number of aromatic nitrogens is 2. The predicted octanol–water partition coefficient (Wildman–Crippen LogP) is 2.46. The third-order valence-electron chi connectivity index (χ3n) is 2.22. The van der Waals surface area contributed by atoms with Crippen LogP contribution < -0.4 is 0 Å². The van der Waals surface area contributed by atoms with Gasteiger partial charge < -0.3 is 4.90 Å². The molecule has 0 N–H and O–H groups in total. The summed E-state index contributed by atoms with van der Waals surface area (Å²) in [5.41, 5.74) is 3.02. The molecule has 0 radical (unpaired) electrons. The van der Waals surface area contributed by atoms with Crippen molar-refractivity contribution in [1.29, 1.82) is 0 Å². The van der Waals surface area contributed by atoms with Crippen LogP contribution in [0.5, 0.6) is 0 Å². The van der Waals surface area contributed by atoms with Crippen LogP contribution in [0.25, 0.3) is 0 Å². The zero-order chi connectivity index (χ0) is 12.3. The van der Waals surface area contributed by atoms with E-state index in [0.29, 0.717) is 12.1 Å². The Hall–Kier alpha value is -1.46. The Bertz CT molecular complexity index is 515. The minimum absolute atomic E-state index is 0.156. The summed E-state index contributed by atoms with van der Waals surface area (Å²) in [6.45, 7) is 0.466. The van der Waals surface area contributed by atoms with Crippen molar-refractivity contribution in [2.45, 2.75) is 6.54 Å². The fraction of sp³-hybridized carbons (Fsp3) is 0.182. The average Bonchev–Trinajstić information content (AvgIpc) is 2.81. The van der Waals surface area contributed by atoms with Gasteiger partial charge in [-0.2, -0.15) is 0 Å². The molecule has 2 rings (SSSR count). The van der Waals surface area contributed by atoms with Crippen LogP contribution in [0.3, 0.4) is 0 Å². The Morgan fingerprint density at radius 1 is 1.53 bits per heavy atom. The number of nitrogens with zero attached hydrogens (tertiary/aromatic N) is 3. The standard InChI is InChI=1S/C11H10ClN3OS/c1-15(5-8-6-17-7-14-8)11(16)9-3-2-4-13-10(9)12/h2-4,6-7H,5H2,1H3. The second-order valence-corrected chi connectivity index (χ2v) is 4.56. The molecule has 17 heavy (non-hydrogen) atoms. The molecule has 0 bridgehead atoms. The molecular formula is C11H10ClN3OS. The molecule has 1 amide bonds. The van der Waals surface area contributed by atoms with Gasteiger partial charge in [0.05, 0.1) is 23.3 Å². The minimum atomic E-state index is -0.156. The van der Waals surface area contributed by atoms with Crippen LogP contribution in [-0.4, -0.2) is 27.8 Å². The predicted molar refractivity (Wildman–Crippen MR) is 67.2 cm³/mol. The smallest absolute Gasteiger partial charge is 0.257 e. The van der Waals surface area contributed by atoms with Gasteiger partial charge in [-0.15, -0.1) is 11.3 Å². The first kappa shape index (κ1) is 12.0. The lowest BCUT2D eigenvalue weighted by atomic mass is 10.2. The van der Waals surface area contributed by atoms with Crippen LogP contribution in [0.2, 0.25) is 5.15 Å². The summed E-state index contributed by atoms with van der Waals surface area (Å²) < 4.78 is 0. The summed E-state index contributed by atoms with van der Waals surface area (Å²) in [4.78, 5) is 21.7. The molecule has 2 aromatic heterocycles. The van der Waals surface area contributed by atoms with E-state index in [9.17, 15) is 4.79 Å².